The standard InChI is InChI=1S/C20H30N2O4/c1-6-16-12-22(18(24)25-13-15-10-8-7-9-11-15)14-20(16,5)21-17(23)26-19(2,3)4/h7-11,16H,6,12-14H2,1-5H3,(H,21,23)/p-1. The van der Waals surface area contributed by atoms with Crippen LogP contribution in [0.3, 0.4) is 0 Å². The van der Waals surface area contributed by atoms with Crippen LogP contribution < -0.4 is 5.11 Å². The van der Waals surface area contributed by atoms with E-state index >= 15 is 0 Å². The number of ether oxygens (including phenoxy) is 2. The van der Waals surface area contributed by atoms with E-state index in [9.17, 15) is 9.90 Å². The summed E-state index contributed by atoms with van der Waals surface area (Å²) in [5, 5.41) is 12.1. The molecule has 1 aliphatic rings. The van der Waals surface area contributed by atoms with Gasteiger partial charge in [0.05, 0.1) is 5.54 Å². The van der Waals surface area contributed by atoms with Crippen LogP contribution in [0.4, 0.5) is 4.79 Å². The Hall–Kier alpha value is -2.24. The average Bonchev–Trinajstić information content (AvgIpc) is 2.88. The molecular formula is C20H29N2O4-. The molecule has 1 aromatic rings. The maximum atomic E-state index is 12.4. The van der Waals surface area contributed by atoms with Crippen LogP contribution in [0.2, 0.25) is 0 Å². The summed E-state index contributed by atoms with van der Waals surface area (Å²) in [5.41, 5.74) is -0.317. The fraction of sp³-hybridized carbons (Fsp3) is 0.600. The van der Waals surface area contributed by atoms with E-state index in [-0.39, 0.29) is 18.6 Å². The van der Waals surface area contributed by atoms with Crippen LogP contribution in [0.25, 0.3) is 0 Å². The van der Waals surface area contributed by atoms with Gasteiger partial charge >= 0.3 is 6.09 Å². The van der Waals surface area contributed by atoms with Gasteiger partial charge in [-0.05, 0) is 18.9 Å². The van der Waals surface area contributed by atoms with E-state index in [0.717, 1.165) is 12.0 Å². The second kappa shape index (κ2) is 7.98. The van der Waals surface area contributed by atoms with Crippen molar-refractivity contribution in [1.82, 2.24) is 4.90 Å². The van der Waals surface area contributed by atoms with Gasteiger partial charge in [0, 0.05) is 24.6 Å². The van der Waals surface area contributed by atoms with Crippen LogP contribution >= 0.6 is 0 Å². The first-order valence-corrected chi connectivity index (χ1v) is 9.04. The highest BCUT2D eigenvalue weighted by atomic mass is 16.6. The van der Waals surface area contributed by atoms with Gasteiger partial charge in [-0.3, -0.25) is 4.99 Å². The van der Waals surface area contributed by atoms with Crippen molar-refractivity contribution in [3.63, 3.8) is 0 Å². The molecule has 0 bridgehead atoms. The Bertz CT molecular complexity index is 639. The lowest BCUT2D eigenvalue weighted by atomic mass is 9.88. The molecule has 2 unspecified atom stereocenters. The van der Waals surface area contributed by atoms with Gasteiger partial charge in [-0.1, -0.05) is 58.0 Å². The maximum Gasteiger partial charge on any atom is 0.410 e. The summed E-state index contributed by atoms with van der Waals surface area (Å²) in [5.74, 6) is 0.0827. The molecule has 6 heteroatoms. The van der Waals surface area contributed by atoms with Crippen LogP contribution in [0, 0.1) is 5.92 Å². The zero-order valence-corrected chi connectivity index (χ0v) is 16.3. The predicted octanol–water partition coefficient (Wildman–Crippen LogP) is 2.96. The summed E-state index contributed by atoms with van der Waals surface area (Å²) in [7, 11) is 0. The topological polar surface area (TPSA) is 74.2 Å². The highest BCUT2D eigenvalue weighted by Crippen LogP contribution is 2.34. The molecule has 1 fully saturated rings. The predicted molar refractivity (Wildman–Crippen MR) is 98.7 cm³/mol. The van der Waals surface area contributed by atoms with Gasteiger partial charge in [0.25, 0.3) is 0 Å². The molecule has 1 aromatic carbocycles. The van der Waals surface area contributed by atoms with E-state index in [4.69, 9.17) is 9.47 Å². The van der Waals surface area contributed by atoms with E-state index in [1.54, 1.807) is 4.90 Å². The number of carbonyl (C=O) groups is 1. The molecule has 2 rings (SSSR count). The van der Waals surface area contributed by atoms with Gasteiger partial charge < -0.3 is 19.5 Å². The normalized spacial score (nSPS) is 23.8. The summed E-state index contributed by atoms with van der Waals surface area (Å²) in [6.45, 7) is 10.5. The minimum Gasteiger partial charge on any atom is -0.595 e. The summed E-state index contributed by atoms with van der Waals surface area (Å²) >= 11 is 0. The van der Waals surface area contributed by atoms with Crippen LogP contribution in [-0.2, 0) is 16.1 Å². The first-order chi connectivity index (χ1) is 12.1. The van der Waals surface area contributed by atoms with E-state index < -0.39 is 17.2 Å². The summed E-state index contributed by atoms with van der Waals surface area (Å²) < 4.78 is 10.7. The number of likely N-dealkylation sites (tertiary alicyclic amines) is 1. The van der Waals surface area contributed by atoms with Gasteiger partial charge in [0.1, 0.15) is 12.7 Å². The van der Waals surface area contributed by atoms with Crippen molar-refractivity contribution in [1.29, 1.82) is 0 Å². The van der Waals surface area contributed by atoms with Crippen LogP contribution in [0.15, 0.2) is 35.3 Å². The third kappa shape index (κ3) is 5.38. The number of nitrogens with zero attached hydrogens (tertiary/aromatic N) is 2. The molecule has 0 spiro atoms. The zero-order valence-electron chi connectivity index (χ0n) is 16.3. The molecule has 1 heterocycles. The second-order valence-corrected chi connectivity index (χ2v) is 7.98. The summed E-state index contributed by atoms with van der Waals surface area (Å²) in [6.07, 6.45) is -0.154. The first kappa shape index (κ1) is 20.1. The van der Waals surface area contributed by atoms with Gasteiger partial charge in [-0.2, -0.15) is 0 Å². The number of rotatable bonds is 4. The van der Waals surface area contributed by atoms with E-state index in [0.29, 0.717) is 13.1 Å². The van der Waals surface area contributed by atoms with Crippen LogP contribution in [0.5, 0.6) is 0 Å². The minimum atomic E-state index is -0.664. The smallest absolute Gasteiger partial charge is 0.410 e. The third-order valence-electron chi connectivity index (χ3n) is 4.53. The van der Waals surface area contributed by atoms with Crippen molar-refractivity contribution >= 4 is 12.2 Å². The molecule has 0 saturated carbocycles. The molecule has 0 radical (unpaired) electrons. The second-order valence-electron chi connectivity index (χ2n) is 7.98. The van der Waals surface area contributed by atoms with Crippen molar-refractivity contribution in [3.05, 3.63) is 35.9 Å². The van der Waals surface area contributed by atoms with Crippen molar-refractivity contribution in [3.8, 4) is 0 Å². The van der Waals surface area contributed by atoms with E-state index in [1.807, 2.05) is 65.0 Å². The van der Waals surface area contributed by atoms with Crippen LogP contribution in [-0.4, -0.2) is 41.3 Å². The Balaban J connectivity index is 2.02. The van der Waals surface area contributed by atoms with Crippen molar-refractivity contribution in [2.24, 2.45) is 10.9 Å². The molecule has 0 aliphatic carbocycles. The molecule has 1 amide bonds. The van der Waals surface area contributed by atoms with Gasteiger partial charge in [-0.25, -0.2) is 4.79 Å². The lowest BCUT2D eigenvalue weighted by Crippen LogP contribution is -2.40. The molecule has 1 saturated heterocycles. The number of carbonyl (C=O) groups excluding carboxylic acids is 1. The van der Waals surface area contributed by atoms with Gasteiger partial charge in [0.2, 0.25) is 0 Å². The molecule has 0 N–H and O–H groups in total. The molecular weight excluding hydrogens is 332 g/mol. The Morgan fingerprint density at radius 2 is 2.00 bits per heavy atom. The SMILES string of the molecule is CCC1CN(C(=O)OCc2ccccc2)CC1(C)N=C([O-])OC(C)(C)C. The highest BCUT2D eigenvalue weighted by Gasteiger charge is 2.44. The van der Waals surface area contributed by atoms with Crippen molar-refractivity contribution in [2.75, 3.05) is 13.1 Å². The summed E-state index contributed by atoms with van der Waals surface area (Å²) in [4.78, 5) is 18.3. The average molecular weight is 361 g/mol. The van der Waals surface area contributed by atoms with Crippen LogP contribution in [0.1, 0.15) is 46.6 Å². The molecule has 2 atom stereocenters. The molecule has 26 heavy (non-hydrogen) atoms. The Morgan fingerprint density at radius 3 is 2.58 bits per heavy atom. The monoisotopic (exact) mass is 361 g/mol. The number of aliphatic imine (C=N–C) groups is 1. The van der Waals surface area contributed by atoms with E-state index in [1.165, 1.54) is 0 Å². The van der Waals surface area contributed by atoms with Gasteiger partial charge in [-0.15, -0.1) is 0 Å². The molecule has 6 nitrogen and oxygen atoms in total. The van der Waals surface area contributed by atoms with E-state index in [2.05, 4.69) is 4.99 Å². The summed E-state index contributed by atoms with van der Waals surface area (Å²) in [6, 6.07) is 9.55. The minimum absolute atomic E-state index is 0.0827. The Labute approximate surface area is 155 Å². The molecule has 1 aliphatic heterocycles. The fourth-order valence-electron chi connectivity index (χ4n) is 3.18. The highest BCUT2D eigenvalue weighted by molar-refractivity contribution is 5.69. The van der Waals surface area contributed by atoms with Crippen molar-refractivity contribution in [2.45, 2.75) is 58.8 Å². The first-order valence-electron chi connectivity index (χ1n) is 9.04. The lowest BCUT2D eigenvalue weighted by molar-refractivity contribution is -0.261. The zero-order chi connectivity index (χ0) is 19.4. The van der Waals surface area contributed by atoms with Crippen molar-refractivity contribution < 1.29 is 19.4 Å². The number of hydrogen-bond acceptors (Lipinski definition) is 5. The lowest BCUT2D eigenvalue weighted by Gasteiger charge is -2.33. The Morgan fingerprint density at radius 1 is 1.35 bits per heavy atom. The largest absolute Gasteiger partial charge is 0.595 e. The molecule has 0 aromatic heterocycles. The number of amides is 1. The molecule has 144 valence electrons. The maximum absolute atomic E-state index is 12.4. The Kier molecular flexibility index (Phi) is 6.16. The van der Waals surface area contributed by atoms with Gasteiger partial charge in [0.15, 0.2) is 0 Å². The number of benzene rings is 1. The third-order valence-corrected chi connectivity index (χ3v) is 4.53. The quantitative estimate of drug-likeness (QED) is 0.610. The fourth-order valence-corrected chi connectivity index (χ4v) is 3.18. The number of hydrogen-bond donors (Lipinski definition) is 0.